The molecule has 9 heteroatoms. The number of rotatable bonds is 5. The van der Waals surface area contributed by atoms with Crippen LogP contribution in [-0.2, 0) is 20.8 Å². The molecule has 1 atom stereocenters. The fourth-order valence-electron chi connectivity index (χ4n) is 1.96. The summed E-state index contributed by atoms with van der Waals surface area (Å²) in [5.41, 5.74) is 2.53. The maximum atomic E-state index is 12.3. The molecule has 0 aliphatic heterocycles. The van der Waals surface area contributed by atoms with Gasteiger partial charge in [0, 0.05) is 0 Å². The van der Waals surface area contributed by atoms with E-state index in [0.717, 1.165) is 5.69 Å². The van der Waals surface area contributed by atoms with Crippen LogP contribution in [0.1, 0.15) is 46.3 Å². The van der Waals surface area contributed by atoms with E-state index in [1.807, 2.05) is 6.92 Å². The van der Waals surface area contributed by atoms with E-state index in [1.165, 1.54) is 18.0 Å². The number of nitrogens with zero attached hydrogens (tertiary/aromatic N) is 5. The van der Waals surface area contributed by atoms with E-state index in [0.29, 0.717) is 17.1 Å². The monoisotopic (exact) mass is 333 g/mol. The molecule has 0 bridgehead atoms. The van der Waals surface area contributed by atoms with Crippen LogP contribution in [0.3, 0.4) is 0 Å². The van der Waals surface area contributed by atoms with Crippen molar-refractivity contribution in [3.8, 4) is 0 Å². The Morgan fingerprint density at radius 2 is 1.83 bits per heavy atom. The van der Waals surface area contributed by atoms with Crippen molar-refractivity contribution in [3.63, 3.8) is 0 Å². The van der Waals surface area contributed by atoms with Gasteiger partial charge in [-0.15, -0.1) is 5.10 Å². The van der Waals surface area contributed by atoms with Gasteiger partial charge in [-0.25, -0.2) is 14.5 Å². The maximum absolute atomic E-state index is 12.3. The van der Waals surface area contributed by atoms with Crippen molar-refractivity contribution in [2.24, 2.45) is 0 Å². The van der Waals surface area contributed by atoms with Crippen molar-refractivity contribution in [1.82, 2.24) is 25.0 Å². The largest absolute Gasteiger partial charge is 0.468 e. The average molecular weight is 333 g/mol. The second-order valence-corrected chi connectivity index (χ2v) is 5.29. The minimum absolute atomic E-state index is 0.0636. The third-order valence-corrected chi connectivity index (χ3v) is 3.45. The zero-order chi connectivity index (χ0) is 17.9. The highest BCUT2D eigenvalue weighted by Crippen LogP contribution is 2.17. The van der Waals surface area contributed by atoms with Gasteiger partial charge >= 0.3 is 11.9 Å². The van der Waals surface area contributed by atoms with E-state index in [-0.39, 0.29) is 12.2 Å². The Morgan fingerprint density at radius 3 is 2.50 bits per heavy atom. The van der Waals surface area contributed by atoms with Gasteiger partial charge in [0.05, 0.1) is 30.4 Å². The lowest BCUT2D eigenvalue weighted by Crippen LogP contribution is -2.15. The van der Waals surface area contributed by atoms with Crippen molar-refractivity contribution in [3.05, 3.63) is 34.7 Å². The number of carbonyl (C=O) groups is 2. The average Bonchev–Trinajstić information content (AvgIpc) is 2.99. The summed E-state index contributed by atoms with van der Waals surface area (Å²) >= 11 is 0. The summed E-state index contributed by atoms with van der Waals surface area (Å²) in [6, 6.07) is 0. The smallest absolute Gasteiger partial charge is 0.359 e. The molecule has 9 nitrogen and oxygen atoms in total. The fraction of sp³-hybridized carbons (Fsp3) is 0.467. The summed E-state index contributed by atoms with van der Waals surface area (Å²) < 4.78 is 11.2. The third-order valence-electron chi connectivity index (χ3n) is 3.45. The molecule has 0 aromatic carbocycles. The number of methoxy groups -OCH3 is 1. The van der Waals surface area contributed by atoms with E-state index in [9.17, 15) is 9.59 Å². The Morgan fingerprint density at radius 1 is 1.17 bits per heavy atom. The topological polar surface area (TPSA) is 109 Å². The van der Waals surface area contributed by atoms with Crippen molar-refractivity contribution >= 4 is 11.9 Å². The predicted molar refractivity (Wildman–Crippen MR) is 82.1 cm³/mol. The highest BCUT2D eigenvalue weighted by molar-refractivity contribution is 5.88. The Balaban J connectivity index is 2.09. The molecular formula is C15H19N5O4. The van der Waals surface area contributed by atoms with E-state index in [4.69, 9.17) is 4.74 Å². The lowest BCUT2D eigenvalue weighted by molar-refractivity contribution is -0.141. The second-order valence-electron chi connectivity index (χ2n) is 5.29. The first-order chi connectivity index (χ1) is 11.3. The number of hydrogen-bond acceptors (Lipinski definition) is 8. The summed E-state index contributed by atoms with van der Waals surface area (Å²) in [4.78, 5) is 32.0. The summed E-state index contributed by atoms with van der Waals surface area (Å²) in [6.45, 7) is 6.90. The molecule has 24 heavy (non-hydrogen) atoms. The van der Waals surface area contributed by atoms with Gasteiger partial charge in [-0.1, -0.05) is 5.21 Å². The van der Waals surface area contributed by atoms with Gasteiger partial charge in [-0.05, 0) is 27.7 Å². The SMILES string of the molecule is COC(=O)Cn1cc([C@H](C)OC(=O)c2nc(C)c(C)nc2C)nn1. The standard InChI is InChI=1S/C15H19N5O4/c1-8-9(2)17-14(10(3)16-8)15(22)24-11(4)12-6-20(19-18-12)7-13(21)23-5/h6,11H,7H2,1-5H3/t11-/m0/s1. The lowest BCUT2D eigenvalue weighted by Gasteiger charge is -2.12. The number of carbonyl (C=O) groups excluding carboxylic acids is 2. The van der Waals surface area contributed by atoms with Crippen LogP contribution in [0.15, 0.2) is 6.20 Å². The van der Waals surface area contributed by atoms with Crippen LogP contribution >= 0.6 is 0 Å². The number of hydrogen-bond donors (Lipinski definition) is 0. The molecule has 0 aliphatic carbocycles. The third kappa shape index (κ3) is 3.92. The molecule has 2 aromatic heterocycles. The molecular weight excluding hydrogens is 314 g/mol. The van der Waals surface area contributed by atoms with Gasteiger partial charge < -0.3 is 9.47 Å². The van der Waals surface area contributed by atoms with E-state index < -0.39 is 18.0 Å². The predicted octanol–water partition coefficient (Wildman–Crippen LogP) is 1.08. The van der Waals surface area contributed by atoms with Crippen LogP contribution in [0.25, 0.3) is 0 Å². The first kappa shape index (κ1) is 17.5. The van der Waals surface area contributed by atoms with Crippen LogP contribution < -0.4 is 0 Å². The van der Waals surface area contributed by atoms with Gasteiger partial charge in [0.1, 0.15) is 18.3 Å². The Hall–Kier alpha value is -2.84. The zero-order valence-electron chi connectivity index (χ0n) is 14.2. The minimum atomic E-state index is -0.647. The summed E-state index contributed by atoms with van der Waals surface area (Å²) in [5, 5.41) is 7.69. The van der Waals surface area contributed by atoms with Crippen LogP contribution in [0, 0.1) is 20.8 Å². The Kier molecular flexibility index (Phi) is 5.22. The Bertz CT molecular complexity index is 771. The van der Waals surface area contributed by atoms with E-state index in [2.05, 4.69) is 25.0 Å². The van der Waals surface area contributed by atoms with Crippen molar-refractivity contribution in [1.29, 1.82) is 0 Å². The first-order valence-corrected chi connectivity index (χ1v) is 7.31. The van der Waals surface area contributed by atoms with Crippen LogP contribution in [0.2, 0.25) is 0 Å². The minimum Gasteiger partial charge on any atom is -0.468 e. The molecule has 0 N–H and O–H groups in total. The van der Waals surface area contributed by atoms with Crippen molar-refractivity contribution in [2.75, 3.05) is 7.11 Å². The molecule has 0 fully saturated rings. The molecule has 0 saturated heterocycles. The summed E-state index contributed by atoms with van der Waals surface area (Å²) in [5.74, 6) is -1.03. The molecule has 0 unspecified atom stereocenters. The summed E-state index contributed by atoms with van der Waals surface area (Å²) in [7, 11) is 1.29. The number of esters is 2. The summed E-state index contributed by atoms with van der Waals surface area (Å²) in [6.07, 6.45) is 0.875. The highest BCUT2D eigenvalue weighted by Gasteiger charge is 2.21. The van der Waals surface area contributed by atoms with Crippen LogP contribution in [-0.4, -0.2) is 44.0 Å². The van der Waals surface area contributed by atoms with Crippen molar-refractivity contribution in [2.45, 2.75) is 40.3 Å². The first-order valence-electron chi connectivity index (χ1n) is 7.31. The van der Waals surface area contributed by atoms with Gasteiger partial charge in [0.15, 0.2) is 5.69 Å². The maximum Gasteiger partial charge on any atom is 0.359 e. The molecule has 0 spiro atoms. The number of aromatic nitrogens is 5. The van der Waals surface area contributed by atoms with E-state index >= 15 is 0 Å². The van der Waals surface area contributed by atoms with E-state index in [1.54, 1.807) is 20.8 Å². The van der Waals surface area contributed by atoms with Crippen molar-refractivity contribution < 1.29 is 19.1 Å². The van der Waals surface area contributed by atoms with Gasteiger partial charge in [-0.3, -0.25) is 9.78 Å². The van der Waals surface area contributed by atoms with Gasteiger partial charge in [0.2, 0.25) is 0 Å². The molecule has 0 saturated carbocycles. The molecule has 0 amide bonds. The number of aryl methyl sites for hydroxylation is 3. The normalized spacial score (nSPS) is 11.9. The quantitative estimate of drug-likeness (QED) is 0.748. The fourth-order valence-corrected chi connectivity index (χ4v) is 1.96. The van der Waals surface area contributed by atoms with Gasteiger partial charge in [-0.2, -0.15) is 0 Å². The van der Waals surface area contributed by atoms with Crippen LogP contribution in [0.5, 0.6) is 0 Å². The highest BCUT2D eigenvalue weighted by atomic mass is 16.5. The zero-order valence-corrected chi connectivity index (χ0v) is 14.2. The molecule has 0 aliphatic rings. The lowest BCUT2D eigenvalue weighted by atomic mass is 10.2. The molecule has 128 valence electrons. The van der Waals surface area contributed by atoms with Gasteiger partial charge in [0.25, 0.3) is 0 Å². The molecule has 0 radical (unpaired) electrons. The number of ether oxygens (including phenoxy) is 2. The van der Waals surface area contributed by atoms with Crippen LogP contribution in [0.4, 0.5) is 0 Å². The molecule has 2 aromatic rings. The second kappa shape index (κ2) is 7.16. The molecule has 2 heterocycles. The molecule has 2 rings (SSSR count). The Labute approximate surface area is 139 Å².